The van der Waals surface area contributed by atoms with E-state index in [0.29, 0.717) is 5.56 Å². The number of carboxylic acid groups (broad SMARTS) is 1. The van der Waals surface area contributed by atoms with Crippen LogP contribution in [0.1, 0.15) is 15.9 Å². The molecule has 1 amide bonds. The standard InChI is InChI=1S/C20H16BrNO3/c21-17-7-3-4-13(10-17)11-18(20(24)25)22-19(23)16-9-8-14-5-1-2-6-15(14)12-16/h1-10,12,18H,11H2,(H,22,23)(H,24,25)/t18-/m1/s1. The number of carboxylic acids is 1. The highest BCUT2D eigenvalue weighted by Gasteiger charge is 2.21. The lowest BCUT2D eigenvalue weighted by molar-refractivity contribution is -0.139. The third kappa shape index (κ3) is 4.25. The SMILES string of the molecule is O=C(N[C@H](Cc1cccc(Br)c1)C(=O)O)c1ccc2ccccc2c1. The predicted molar refractivity (Wildman–Crippen MR) is 101 cm³/mol. The van der Waals surface area contributed by atoms with E-state index in [9.17, 15) is 14.7 Å². The maximum Gasteiger partial charge on any atom is 0.326 e. The molecule has 0 saturated heterocycles. The number of hydrogen-bond donors (Lipinski definition) is 2. The van der Waals surface area contributed by atoms with Gasteiger partial charge in [-0.15, -0.1) is 0 Å². The molecule has 0 radical (unpaired) electrons. The molecular formula is C20H16BrNO3. The van der Waals surface area contributed by atoms with Gasteiger partial charge in [0.15, 0.2) is 0 Å². The fourth-order valence-electron chi connectivity index (χ4n) is 2.67. The quantitative estimate of drug-likeness (QED) is 0.682. The van der Waals surface area contributed by atoms with Crippen molar-refractivity contribution in [2.24, 2.45) is 0 Å². The molecule has 0 unspecified atom stereocenters. The van der Waals surface area contributed by atoms with Gasteiger partial charge in [0, 0.05) is 16.5 Å². The molecule has 0 aliphatic rings. The molecule has 3 rings (SSSR count). The van der Waals surface area contributed by atoms with Crippen LogP contribution in [-0.2, 0) is 11.2 Å². The Labute approximate surface area is 153 Å². The van der Waals surface area contributed by atoms with Gasteiger partial charge in [-0.1, -0.05) is 58.4 Å². The van der Waals surface area contributed by atoms with Gasteiger partial charge in [0.1, 0.15) is 6.04 Å². The summed E-state index contributed by atoms with van der Waals surface area (Å²) in [5.74, 6) is -1.46. The molecule has 0 aromatic heterocycles. The minimum atomic E-state index is -1.06. The van der Waals surface area contributed by atoms with Crippen LogP contribution in [0.15, 0.2) is 71.2 Å². The van der Waals surface area contributed by atoms with Crippen LogP contribution in [0.2, 0.25) is 0 Å². The fraction of sp³-hybridized carbons (Fsp3) is 0.100. The Morgan fingerprint density at radius 1 is 0.960 bits per heavy atom. The molecule has 4 nitrogen and oxygen atoms in total. The minimum absolute atomic E-state index is 0.216. The Balaban J connectivity index is 1.78. The van der Waals surface area contributed by atoms with Gasteiger partial charge >= 0.3 is 5.97 Å². The Kier molecular flexibility index (Phi) is 5.14. The summed E-state index contributed by atoms with van der Waals surface area (Å²) in [5.41, 5.74) is 1.28. The Morgan fingerprint density at radius 3 is 2.44 bits per heavy atom. The molecule has 0 fully saturated rings. The first kappa shape index (κ1) is 17.2. The molecule has 0 heterocycles. The van der Waals surface area contributed by atoms with Gasteiger partial charge in [0.2, 0.25) is 0 Å². The Morgan fingerprint density at radius 2 is 1.72 bits per heavy atom. The monoisotopic (exact) mass is 397 g/mol. The second kappa shape index (κ2) is 7.49. The van der Waals surface area contributed by atoms with Crippen molar-refractivity contribution in [3.8, 4) is 0 Å². The van der Waals surface area contributed by atoms with Crippen molar-refractivity contribution in [3.63, 3.8) is 0 Å². The number of amides is 1. The van der Waals surface area contributed by atoms with Crippen molar-refractivity contribution in [1.82, 2.24) is 5.32 Å². The van der Waals surface area contributed by atoms with E-state index >= 15 is 0 Å². The zero-order valence-electron chi connectivity index (χ0n) is 13.3. The molecule has 0 aliphatic carbocycles. The lowest BCUT2D eigenvalue weighted by Gasteiger charge is -2.15. The van der Waals surface area contributed by atoms with Crippen LogP contribution in [0.25, 0.3) is 10.8 Å². The van der Waals surface area contributed by atoms with Gasteiger partial charge in [0.25, 0.3) is 5.91 Å². The molecule has 3 aromatic rings. The first-order valence-electron chi connectivity index (χ1n) is 7.80. The van der Waals surface area contributed by atoms with Gasteiger partial charge in [0.05, 0.1) is 0 Å². The van der Waals surface area contributed by atoms with Crippen LogP contribution in [0.3, 0.4) is 0 Å². The van der Waals surface area contributed by atoms with Crippen LogP contribution < -0.4 is 5.32 Å². The highest BCUT2D eigenvalue weighted by molar-refractivity contribution is 9.10. The number of fused-ring (bicyclic) bond motifs is 1. The highest BCUT2D eigenvalue weighted by atomic mass is 79.9. The summed E-state index contributed by atoms with van der Waals surface area (Å²) < 4.78 is 0.870. The van der Waals surface area contributed by atoms with E-state index in [1.807, 2.05) is 54.6 Å². The zero-order chi connectivity index (χ0) is 17.8. The lowest BCUT2D eigenvalue weighted by Crippen LogP contribution is -2.42. The average Bonchev–Trinajstić information content (AvgIpc) is 2.60. The first-order chi connectivity index (χ1) is 12.0. The van der Waals surface area contributed by atoms with Crippen molar-refractivity contribution >= 4 is 38.6 Å². The van der Waals surface area contributed by atoms with Crippen LogP contribution in [-0.4, -0.2) is 23.0 Å². The van der Waals surface area contributed by atoms with Crippen LogP contribution >= 0.6 is 15.9 Å². The van der Waals surface area contributed by atoms with Gasteiger partial charge in [-0.3, -0.25) is 4.79 Å². The number of halogens is 1. The summed E-state index contributed by atoms with van der Waals surface area (Å²) in [6.07, 6.45) is 0.216. The topological polar surface area (TPSA) is 66.4 Å². The van der Waals surface area contributed by atoms with E-state index in [4.69, 9.17) is 0 Å². The van der Waals surface area contributed by atoms with Crippen LogP contribution in [0.5, 0.6) is 0 Å². The molecule has 0 bridgehead atoms. The van der Waals surface area contributed by atoms with Gasteiger partial charge in [-0.25, -0.2) is 4.79 Å². The average molecular weight is 398 g/mol. The predicted octanol–water partition coefficient (Wildman–Crippen LogP) is 4.03. The molecular weight excluding hydrogens is 382 g/mol. The number of nitrogens with one attached hydrogen (secondary N) is 1. The Bertz CT molecular complexity index is 939. The van der Waals surface area contributed by atoms with Crippen molar-refractivity contribution in [2.45, 2.75) is 12.5 Å². The second-order valence-electron chi connectivity index (χ2n) is 5.76. The number of carbonyl (C=O) groups is 2. The molecule has 0 saturated carbocycles. The van der Waals surface area contributed by atoms with Crippen molar-refractivity contribution in [2.75, 3.05) is 0 Å². The number of benzene rings is 3. The minimum Gasteiger partial charge on any atom is -0.480 e. The number of rotatable bonds is 5. The van der Waals surface area contributed by atoms with Gasteiger partial charge in [-0.2, -0.15) is 0 Å². The summed E-state index contributed by atoms with van der Waals surface area (Å²) in [5, 5.41) is 14.0. The van der Waals surface area contributed by atoms with E-state index < -0.39 is 17.9 Å². The van der Waals surface area contributed by atoms with Gasteiger partial charge in [-0.05, 0) is 40.6 Å². The van der Waals surface area contributed by atoms with Crippen molar-refractivity contribution in [1.29, 1.82) is 0 Å². The maximum absolute atomic E-state index is 12.5. The van der Waals surface area contributed by atoms with E-state index in [0.717, 1.165) is 20.8 Å². The first-order valence-corrected chi connectivity index (χ1v) is 8.59. The molecule has 25 heavy (non-hydrogen) atoms. The summed E-state index contributed by atoms with van der Waals surface area (Å²) >= 11 is 3.36. The van der Waals surface area contributed by atoms with Crippen molar-refractivity contribution < 1.29 is 14.7 Å². The van der Waals surface area contributed by atoms with E-state index in [1.54, 1.807) is 12.1 Å². The molecule has 0 spiro atoms. The van der Waals surface area contributed by atoms with E-state index in [-0.39, 0.29) is 6.42 Å². The highest BCUT2D eigenvalue weighted by Crippen LogP contribution is 2.16. The molecule has 0 aliphatic heterocycles. The van der Waals surface area contributed by atoms with E-state index in [2.05, 4.69) is 21.2 Å². The van der Waals surface area contributed by atoms with Gasteiger partial charge < -0.3 is 10.4 Å². The van der Waals surface area contributed by atoms with Crippen molar-refractivity contribution in [3.05, 3.63) is 82.3 Å². The summed E-state index contributed by atoms with van der Waals surface area (Å²) in [7, 11) is 0. The molecule has 5 heteroatoms. The number of carbonyl (C=O) groups excluding carboxylic acids is 1. The Hall–Kier alpha value is -2.66. The van der Waals surface area contributed by atoms with E-state index in [1.165, 1.54) is 0 Å². The third-order valence-electron chi connectivity index (χ3n) is 3.94. The van der Waals surface area contributed by atoms with Crippen LogP contribution in [0, 0.1) is 0 Å². The smallest absolute Gasteiger partial charge is 0.326 e. The normalized spacial score (nSPS) is 11.9. The summed E-state index contributed by atoms with van der Waals surface area (Å²) in [6, 6.07) is 19.4. The lowest BCUT2D eigenvalue weighted by atomic mass is 10.0. The second-order valence-corrected chi connectivity index (χ2v) is 6.68. The fourth-order valence-corrected chi connectivity index (χ4v) is 3.12. The summed E-state index contributed by atoms with van der Waals surface area (Å²) in [6.45, 7) is 0. The third-order valence-corrected chi connectivity index (χ3v) is 4.44. The number of hydrogen-bond acceptors (Lipinski definition) is 2. The largest absolute Gasteiger partial charge is 0.480 e. The summed E-state index contributed by atoms with van der Waals surface area (Å²) in [4.78, 5) is 24.0. The molecule has 126 valence electrons. The molecule has 2 N–H and O–H groups in total. The maximum atomic E-state index is 12.5. The zero-order valence-corrected chi connectivity index (χ0v) is 14.9. The van der Waals surface area contributed by atoms with Crippen LogP contribution in [0.4, 0.5) is 0 Å². The number of aliphatic carboxylic acids is 1. The molecule has 3 aromatic carbocycles. The molecule has 1 atom stereocenters.